The lowest BCUT2D eigenvalue weighted by Gasteiger charge is -2.23. The van der Waals surface area contributed by atoms with Crippen LogP contribution >= 0.6 is 0 Å². The van der Waals surface area contributed by atoms with Crippen LogP contribution in [0.2, 0.25) is 0 Å². The van der Waals surface area contributed by atoms with Gasteiger partial charge in [-0.15, -0.1) is 0 Å². The van der Waals surface area contributed by atoms with Crippen LogP contribution in [0.5, 0.6) is 0 Å². The van der Waals surface area contributed by atoms with E-state index >= 15 is 0 Å². The van der Waals surface area contributed by atoms with Crippen molar-refractivity contribution in [3.63, 3.8) is 0 Å². The van der Waals surface area contributed by atoms with Crippen molar-refractivity contribution in [3.8, 4) is 0 Å². The van der Waals surface area contributed by atoms with Crippen LogP contribution in [0.1, 0.15) is 13.8 Å². The number of carbonyl (C=O) groups excluding carboxylic acids is 3. The third kappa shape index (κ3) is 3.81. The fourth-order valence-corrected chi connectivity index (χ4v) is 1.42. The predicted octanol–water partition coefficient (Wildman–Crippen LogP) is -1.37. The van der Waals surface area contributed by atoms with Crippen molar-refractivity contribution in [1.29, 1.82) is 0 Å². The second-order valence-corrected chi connectivity index (χ2v) is 4.58. The Bertz CT molecular complexity index is 338. The van der Waals surface area contributed by atoms with E-state index in [-0.39, 0.29) is 19.0 Å². The number of hydrogen-bond donors (Lipinski definition) is 1. The summed E-state index contributed by atoms with van der Waals surface area (Å²) in [6.07, 6.45) is -1.34. The Morgan fingerprint density at radius 1 is 1.28 bits per heavy atom. The summed E-state index contributed by atoms with van der Waals surface area (Å²) in [5.41, 5.74) is -0.823. The van der Waals surface area contributed by atoms with Gasteiger partial charge in [0.15, 0.2) is 0 Å². The second kappa shape index (κ2) is 5.97. The number of rotatable bonds is 3. The van der Waals surface area contributed by atoms with Crippen molar-refractivity contribution >= 4 is 24.7 Å². The first-order valence-electron chi connectivity index (χ1n) is 5.60. The fraction of sp³-hybridized carbons (Fsp3) is 0.700. The Morgan fingerprint density at radius 2 is 1.72 bits per heavy atom. The second-order valence-electron chi connectivity index (χ2n) is 4.58. The van der Waals surface area contributed by atoms with Crippen LogP contribution in [0.25, 0.3) is 0 Å². The molecule has 1 saturated heterocycles. The monoisotopic (exact) mass is 257 g/mol. The lowest BCUT2D eigenvalue weighted by Crippen LogP contribution is -2.50. The van der Waals surface area contributed by atoms with Gasteiger partial charge < -0.3 is 14.4 Å². The standard InChI is InChI=1S/C10H16BNO6/c1-6(2)9(15)10(16)11-17-7(13)4-12(3)5-8(14)18-11/h6,9,15H,4-5H2,1-3H3. The van der Waals surface area contributed by atoms with Gasteiger partial charge in [-0.1, -0.05) is 13.8 Å². The molecule has 0 radical (unpaired) electrons. The number of hydrogen-bond acceptors (Lipinski definition) is 7. The Hall–Kier alpha value is -1.41. The molecule has 0 bridgehead atoms. The summed E-state index contributed by atoms with van der Waals surface area (Å²) >= 11 is 0. The molecule has 1 fully saturated rings. The largest absolute Gasteiger partial charge is 0.677 e. The van der Waals surface area contributed by atoms with Gasteiger partial charge in [-0.25, -0.2) is 0 Å². The summed E-state index contributed by atoms with van der Waals surface area (Å²) in [7, 11) is -0.107. The molecule has 7 nitrogen and oxygen atoms in total. The van der Waals surface area contributed by atoms with Crippen LogP contribution in [0.15, 0.2) is 0 Å². The van der Waals surface area contributed by atoms with E-state index in [1.807, 2.05) is 0 Å². The molecule has 0 aromatic rings. The minimum absolute atomic E-state index is 0.114. The summed E-state index contributed by atoms with van der Waals surface area (Å²) in [5, 5.41) is 9.59. The molecule has 0 amide bonds. The summed E-state index contributed by atoms with van der Waals surface area (Å²) in [4.78, 5) is 35.9. The molecule has 0 aromatic carbocycles. The number of likely N-dealkylation sites (N-methyl/N-ethyl adjacent to an activating group) is 1. The quantitative estimate of drug-likeness (QED) is 0.623. The van der Waals surface area contributed by atoms with Gasteiger partial charge in [-0.05, 0) is 13.0 Å². The molecule has 1 aliphatic heterocycles. The fourth-order valence-electron chi connectivity index (χ4n) is 1.42. The Morgan fingerprint density at radius 3 is 2.11 bits per heavy atom. The van der Waals surface area contributed by atoms with Crippen molar-refractivity contribution in [3.05, 3.63) is 0 Å². The van der Waals surface area contributed by atoms with Crippen molar-refractivity contribution in [2.24, 2.45) is 5.92 Å². The molecule has 1 aliphatic rings. The van der Waals surface area contributed by atoms with E-state index in [0.717, 1.165) is 0 Å². The normalized spacial score (nSPS) is 19.9. The lowest BCUT2D eigenvalue weighted by molar-refractivity contribution is -0.148. The predicted molar refractivity (Wildman–Crippen MR) is 61.3 cm³/mol. The molecule has 8 heteroatoms. The molecule has 0 aromatic heterocycles. The molecule has 1 unspecified atom stereocenters. The molecule has 1 atom stereocenters. The van der Waals surface area contributed by atoms with Gasteiger partial charge in [0.25, 0.3) is 0 Å². The molecule has 18 heavy (non-hydrogen) atoms. The van der Waals surface area contributed by atoms with Gasteiger partial charge in [0.05, 0.1) is 13.1 Å². The third-order valence-corrected chi connectivity index (χ3v) is 2.43. The Balaban J connectivity index is 2.77. The van der Waals surface area contributed by atoms with E-state index in [9.17, 15) is 19.5 Å². The maximum absolute atomic E-state index is 11.8. The molecular formula is C10H16BNO6. The topological polar surface area (TPSA) is 93.1 Å². The van der Waals surface area contributed by atoms with Crippen LogP contribution in [-0.4, -0.2) is 61.0 Å². The zero-order valence-corrected chi connectivity index (χ0v) is 10.6. The first-order valence-corrected chi connectivity index (χ1v) is 5.60. The van der Waals surface area contributed by atoms with Crippen LogP contribution < -0.4 is 0 Å². The number of carbonyl (C=O) groups is 3. The summed E-state index contributed by atoms with van der Waals surface area (Å²) in [5.74, 6) is -1.72. The Labute approximate surface area is 105 Å². The number of nitrogens with zero attached hydrogens (tertiary/aromatic N) is 1. The van der Waals surface area contributed by atoms with Gasteiger partial charge in [-0.3, -0.25) is 19.3 Å². The van der Waals surface area contributed by atoms with Crippen molar-refractivity contribution in [2.75, 3.05) is 20.1 Å². The van der Waals surface area contributed by atoms with Crippen LogP contribution in [0.3, 0.4) is 0 Å². The smallest absolute Gasteiger partial charge is 0.492 e. The lowest BCUT2D eigenvalue weighted by atomic mass is 9.76. The average Bonchev–Trinajstić information content (AvgIpc) is 2.23. The third-order valence-electron chi connectivity index (χ3n) is 2.43. The zero-order chi connectivity index (χ0) is 13.9. The van der Waals surface area contributed by atoms with Crippen LogP contribution in [-0.2, 0) is 23.7 Å². The van der Waals surface area contributed by atoms with Crippen LogP contribution in [0, 0.1) is 5.92 Å². The summed E-state index contributed by atoms with van der Waals surface area (Å²) in [6.45, 7) is 3.03. The molecule has 1 N–H and O–H groups in total. The average molecular weight is 257 g/mol. The first-order chi connectivity index (χ1) is 8.31. The molecule has 0 spiro atoms. The molecule has 1 heterocycles. The first kappa shape index (κ1) is 14.7. The van der Waals surface area contributed by atoms with Crippen LogP contribution in [0.4, 0.5) is 0 Å². The number of aliphatic hydroxyl groups is 1. The number of aliphatic hydroxyl groups excluding tert-OH is 1. The van der Waals surface area contributed by atoms with Crippen molar-refractivity contribution < 1.29 is 28.8 Å². The van der Waals surface area contributed by atoms with Gasteiger partial charge in [-0.2, -0.15) is 0 Å². The highest BCUT2D eigenvalue weighted by Crippen LogP contribution is 2.08. The molecule has 0 aliphatic carbocycles. The highest BCUT2D eigenvalue weighted by molar-refractivity contribution is 6.83. The molecule has 1 rings (SSSR count). The van der Waals surface area contributed by atoms with Gasteiger partial charge in [0.2, 0.25) is 5.68 Å². The summed E-state index contributed by atoms with van der Waals surface area (Å²) in [6, 6.07) is 0. The van der Waals surface area contributed by atoms with E-state index in [1.54, 1.807) is 20.9 Å². The van der Waals surface area contributed by atoms with Crippen molar-refractivity contribution in [1.82, 2.24) is 4.90 Å². The van der Waals surface area contributed by atoms with Gasteiger partial charge >= 0.3 is 19.1 Å². The van der Waals surface area contributed by atoms with Gasteiger partial charge in [0, 0.05) is 0 Å². The van der Waals surface area contributed by atoms with E-state index in [0.29, 0.717) is 0 Å². The highest BCUT2D eigenvalue weighted by atomic mass is 16.6. The van der Waals surface area contributed by atoms with E-state index in [1.165, 1.54) is 4.90 Å². The summed E-state index contributed by atoms with van der Waals surface area (Å²) < 4.78 is 9.46. The Kier molecular flexibility index (Phi) is 4.86. The molecular weight excluding hydrogens is 241 g/mol. The zero-order valence-electron chi connectivity index (χ0n) is 10.6. The van der Waals surface area contributed by atoms with E-state index in [2.05, 4.69) is 0 Å². The highest BCUT2D eigenvalue weighted by Gasteiger charge is 2.43. The minimum atomic E-state index is -1.66. The maximum Gasteiger partial charge on any atom is 0.677 e. The van der Waals surface area contributed by atoms with Crippen molar-refractivity contribution in [2.45, 2.75) is 20.0 Å². The van der Waals surface area contributed by atoms with E-state index < -0.39 is 30.8 Å². The SMILES string of the molecule is CC(C)C(O)C(=O)B1OC(=O)CN(C)CC(=O)O1. The minimum Gasteiger partial charge on any atom is -0.492 e. The van der Waals surface area contributed by atoms with Gasteiger partial charge in [0.1, 0.15) is 6.10 Å². The van der Waals surface area contributed by atoms with E-state index in [4.69, 9.17) is 9.31 Å². The molecule has 0 saturated carbocycles. The maximum atomic E-state index is 11.8. The molecule has 100 valence electrons.